The van der Waals surface area contributed by atoms with Gasteiger partial charge in [0.1, 0.15) is 0 Å². The molecule has 1 heterocycles. The molecule has 0 N–H and O–H groups in total. The molecule has 0 aromatic carbocycles. The topological polar surface area (TPSA) is 27.7 Å². The Labute approximate surface area is 79.7 Å². The van der Waals surface area contributed by atoms with E-state index >= 15 is 0 Å². The summed E-state index contributed by atoms with van der Waals surface area (Å²) in [5.74, 6) is -1.22. The van der Waals surface area contributed by atoms with Crippen molar-refractivity contribution in [3.63, 3.8) is 0 Å². The Bertz CT molecular complexity index is 202. The van der Waals surface area contributed by atoms with Gasteiger partial charge >= 0.3 is 0 Å². The van der Waals surface area contributed by atoms with Gasteiger partial charge in [-0.2, -0.15) is 0 Å². The van der Waals surface area contributed by atoms with E-state index in [1.807, 2.05) is 19.1 Å². The van der Waals surface area contributed by atoms with Gasteiger partial charge < -0.3 is 14.2 Å². The average Bonchev–Trinajstić information content (AvgIpc) is 2.47. The quantitative estimate of drug-likeness (QED) is 0.629. The molecule has 0 aromatic heterocycles. The lowest BCUT2D eigenvalue weighted by Gasteiger charge is -2.31. The molecule has 0 amide bonds. The molecule has 2 atom stereocenters. The van der Waals surface area contributed by atoms with Gasteiger partial charge in [0.15, 0.2) is 11.6 Å². The minimum atomic E-state index is -0.634. The summed E-state index contributed by atoms with van der Waals surface area (Å²) < 4.78 is 16.3. The fourth-order valence-corrected chi connectivity index (χ4v) is 1.49. The van der Waals surface area contributed by atoms with E-state index in [1.54, 1.807) is 14.2 Å². The van der Waals surface area contributed by atoms with Gasteiger partial charge in [-0.15, -0.1) is 0 Å². The lowest BCUT2D eigenvalue weighted by molar-refractivity contribution is -0.289. The standard InChI is InChI=1S/C10H18O3/c1-5-6-10(12-4)8-7-9(2,11-3)13-10/h7-8H,5-6H2,1-4H3. The Hall–Kier alpha value is -0.380. The number of ether oxygens (including phenoxy) is 3. The minimum Gasteiger partial charge on any atom is -0.350 e. The van der Waals surface area contributed by atoms with E-state index in [4.69, 9.17) is 14.2 Å². The lowest BCUT2D eigenvalue weighted by atomic mass is 10.1. The van der Waals surface area contributed by atoms with Crippen LogP contribution in [0, 0.1) is 0 Å². The smallest absolute Gasteiger partial charge is 0.191 e. The van der Waals surface area contributed by atoms with Crippen molar-refractivity contribution in [1.82, 2.24) is 0 Å². The van der Waals surface area contributed by atoms with Gasteiger partial charge in [0, 0.05) is 20.6 Å². The predicted octanol–water partition coefficient (Wildman–Crippen LogP) is 2.08. The predicted molar refractivity (Wildman–Crippen MR) is 50.3 cm³/mol. The van der Waals surface area contributed by atoms with Crippen molar-refractivity contribution in [2.75, 3.05) is 14.2 Å². The molecule has 3 heteroatoms. The fourth-order valence-electron chi connectivity index (χ4n) is 1.49. The molecule has 1 aliphatic heterocycles. The Morgan fingerprint density at radius 3 is 2.31 bits per heavy atom. The highest BCUT2D eigenvalue weighted by Crippen LogP contribution is 2.35. The van der Waals surface area contributed by atoms with Crippen LogP contribution in [0.2, 0.25) is 0 Å². The zero-order chi connectivity index (χ0) is 9.95. The number of hydrogen-bond acceptors (Lipinski definition) is 3. The Morgan fingerprint density at radius 1 is 1.23 bits per heavy atom. The molecule has 0 saturated heterocycles. The van der Waals surface area contributed by atoms with Crippen molar-refractivity contribution in [2.24, 2.45) is 0 Å². The van der Waals surface area contributed by atoms with Crippen molar-refractivity contribution in [3.8, 4) is 0 Å². The summed E-state index contributed by atoms with van der Waals surface area (Å²) in [7, 11) is 3.28. The van der Waals surface area contributed by atoms with E-state index in [-0.39, 0.29) is 0 Å². The number of rotatable bonds is 4. The average molecular weight is 186 g/mol. The van der Waals surface area contributed by atoms with Gasteiger partial charge in [-0.3, -0.25) is 0 Å². The van der Waals surface area contributed by atoms with E-state index in [2.05, 4.69) is 6.92 Å². The highest BCUT2D eigenvalue weighted by atomic mass is 16.8. The van der Waals surface area contributed by atoms with Crippen LogP contribution >= 0.6 is 0 Å². The maximum atomic E-state index is 5.72. The molecular weight excluding hydrogens is 168 g/mol. The first-order chi connectivity index (χ1) is 6.10. The minimum absolute atomic E-state index is 0.584. The molecule has 76 valence electrons. The molecule has 0 fully saturated rings. The highest BCUT2D eigenvalue weighted by molar-refractivity contribution is 5.09. The zero-order valence-electron chi connectivity index (χ0n) is 8.79. The second kappa shape index (κ2) is 3.78. The molecule has 0 radical (unpaired) electrons. The first-order valence-corrected chi connectivity index (χ1v) is 4.60. The van der Waals surface area contributed by atoms with Crippen molar-refractivity contribution in [2.45, 2.75) is 38.3 Å². The van der Waals surface area contributed by atoms with E-state index in [9.17, 15) is 0 Å². The number of methoxy groups -OCH3 is 2. The summed E-state index contributed by atoms with van der Waals surface area (Å²) in [5.41, 5.74) is 0. The van der Waals surface area contributed by atoms with Crippen molar-refractivity contribution < 1.29 is 14.2 Å². The maximum absolute atomic E-state index is 5.72. The van der Waals surface area contributed by atoms with Crippen LogP contribution < -0.4 is 0 Å². The third-order valence-electron chi connectivity index (χ3n) is 2.36. The van der Waals surface area contributed by atoms with E-state index < -0.39 is 11.6 Å². The Balaban J connectivity index is 2.70. The second-order valence-corrected chi connectivity index (χ2v) is 3.42. The van der Waals surface area contributed by atoms with Crippen LogP contribution in [0.3, 0.4) is 0 Å². The van der Waals surface area contributed by atoms with Gasteiger partial charge in [-0.1, -0.05) is 13.3 Å². The van der Waals surface area contributed by atoms with Gasteiger partial charge in [0.05, 0.1) is 0 Å². The largest absolute Gasteiger partial charge is 0.350 e. The summed E-state index contributed by atoms with van der Waals surface area (Å²) in [6.45, 7) is 3.97. The first-order valence-electron chi connectivity index (χ1n) is 4.60. The Kier molecular flexibility index (Phi) is 3.11. The normalized spacial score (nSPS) is 38.5. The van der Waals surface area contributed by atoms with Crippen LogP contribution in [0.25, 0.3) is 0 Å². The zero-order valence-corrected chi connectivity index (χ0v) is 8.79. The van der Waals surface area contributed by atoms with Gasteiger partial charge in [0.25, 0.3) is 0 Å². The summed E-state index contributed by atoms with van der Waals surface area (Å²) in [6.07, 6.45) is 5.68. The fraction of sp³-hybridized carbons (Fsp3) is 0.800. The highest BCUT2D eigenvalue weighted by Gasteiger charge is 2.41. The van der Waals surface area contributed by atoms with Crippen LogP contribution in [0.1, 0.15) is 26.7 Å². The molecule has 0 aromatic rings. The van der Waals surface area contributed by atoms with Crippen molar-refractivity contribution in [1.29, 1.82) is 0 Å². The third-order valence-corrected chi connectivity index (χ3v) is 2.36. The first kappa shape index (κ1) is 10.7. The van der Waals surface area contributed by atoms with Gasteiger partial charge in [-0.05, 0) is 19.1 Å². The van der Waals surface area contributed by atoms with E-state index in [0.29, 0.717) is 0 Å². The van der Waals surface area contributed by atoms with Crippen LogP contribution in [0.15, 0.2) is 12.2 Å². The van der Waals surface area contributed by atoms with E-state index in [1.165, 1.54) is 0 Å². The summed E-state index contributed by atoms with van der Waals surface area (Å²) in [6, 6.07) is 0. The summed E-state index contributed by atoms with van der Waals surface area (Å²) in [5, 5.41) is 0. The SMILES string of the molecule is CCCC1(OC)C=CC(C)(OC)O1. The maximum Gasteiger partial charge on any atom is 0.191 e. The molecule has 1 aliphatic rings. The Morgan fingerprint density at radius 2 is 1.92 bits per heavy atom. The van der Waals surface area contributed by atoms with E-state index in [0.717, 1.165) is 12.8 Å². The summed E-state index contributed by atoms with van der Waals surface area (Å²) in [4.78, 5) is 0. The number of hydrogen-bond donors (Lipinski definition) is 0. The molecule has 0 bridgehead atoms. The van der Waals surface area contributed by atoms with Gasteiger partial charge in [0.2, 0.25) is 0 Å². The molecule has 0 saturated carbocycles. The monoisotopic (exact) mass is 186 g/mol. The van der Waals surface area contributed by atoms with Crippen molar-refractivity contribution >= 4 is 0 Å². The third kappa shape index (κ3) is 2.10. The molecule has 2 unspecified atom stereocenters. The molecule has 0 spiro atoms. The lowest BCUT2D eigenvalue weighted by Crippen LogP contribution is -2.37. The van der Waals surface area contributed by atoms with Crippen LogP contribution in [0.4, 0.5) is 0 Å². The summed E-state index contributed by atoms with van der Waals surface area (Å²) >= 11 is 0. The molecule has 3 nitrogen and oxygen atoms in total. The molecular formula is C10H18O3. The molecule has 13 heavy (non-hydrogen) atoms. The van der Waals surface area contributed by atoms with Crippen LogP contribution in [-0.2, 0) is 14.2 Å². The second-order valence-electron chi connectivity index (χ2n) is 3.42. The molecule has 0 aliphatic carbocycles. The van der Waals surface area contributed by atoms with Crippen LogP contribution in [-0.4, -0.2) is 25.8 Å². The van der Waals surface area contributed by atoms with Crippen LogP contribution in [0.5, 0.6) is 0 Å². The van der Waals surface area contributed by atoms with Crippen molar-refractivity contribution in [3.05, 3.63) is 12.2 Å². The molecule has 1 rings (SSSR count). The van der Waals surface area contributed by atoms with Gasteiger partial charge in [-0.25, -0.2) is 0 Å².